The van der Waals surface area contributed by atoms with Gasteiger partial charge in [-0.2, -0.15) is 0 Å². The van der Waals surface area contributed by atoms with Crippen LogP contribution >= 0.6 is 0 Å². The minimum absolute atomic E-state index is 0.143. The molecule has 2 unspecified atom stereocenters. The maximum atomic E-state index is 5.71. The van der Waals surface area contributed by atoms with Crippen molar-refractivity contribution >= 4 is 0 Å². The van der Waals surface area contributed by atoms with Crippen molar-refractivity contribution < 1.29 is 18.9 Å². The first-order valence-corrected chi connectivity index (χ1v) is 5.38. The molecule has 2 heterocycles. The average molecular weight is 212 g/mol. The van der Waals surface area contributed by atoms with Crippen molar-refractivity contribution in [3.8, 4) is 0 Å². The normalized spacial score (nSPS) is 52.1. The average Bonchev–Trinajstić information content (AvgIpc) is 2.83. The number of rotatable bonds is 2. The zero-order chi connectivity index (χ0) is 10.4. The van der Waals surface area contributed by atoms with Gasteiger partial charge in [-0.25, -0.2) is 0 Å². The van der Waals surface area contributed by atoms with Crippen LogP contribution in [0.25, 0.3) is 0 Å². The van der Waals surface area contributed by atoms with E-state index in [1.54, 1.807) is 14.2 Å². The fourth-order valence-corrected chi connectivity index (χ4v) is 2.93. The Kier molecular flexibility index (Phi) is 2.32. The molecule has 0 amide bonds. The molecule has 0 bridgehead atoms. The second-order valence-electron chi connectivity index (χ2n) is 4.35. The minimum atomic E-state index is -0.168. The molecule has 3 aliphatic rings. The SMILES string of the molecule is COC1C[C@@H]2C=C[C@@H]3C(OC)O[C@H](O1)[C@@H]32. The third-order valence-corrected chi connectivity index (χ3v) is 3.66. The van der Waals surface area contributed by atoms with E-state index >= 15 is 0 Å². The molecule has 2 fully saturated rings. The van der Waals surface area contributed by atoms with Gasteiger partial charge < -0.3 is 18.9 Å². The monoisotopic (exact) mass is 212 g/mol. The fourth-order valence-electron chi connectivity index (χ4n) is 2.93. The van der Waals surface area contributed by atoms with E-state index in [2.05, 4.69) is 12.2 Å². The van der Waals surface area contributed by atoms with Gasteiger partial charge >= 0.3 is 0 Å². The summed E-state index contributed by atoms with van der Waals surface area (Å²) in [6, 6.07) is 0. The minimum Gasteiger partial charge on any atom is -0.356 e. The zero-order valence-corrected chi connectivity index (χ0v) is 8.96. The van der Waals surface area contributed by atoms with Crippen molar-refractivity contribution in [1.29, 1.82) is 0 Å². The van der Waals surface area contributed by atoms with Gasteiger partial charge in [0.25, 0.3) is 0 Å². The van der Waals surface area contributed by atoms with Crippen LogP contribution in [0.15, 0.2) is 12.2 Å². The molecule has 2 saturated heterocycles. The van der Waals surface area contributed by atoms with E-state index in [1.807, 2.05) is 0 Å². The molecule has 2 aliphatic heterocycles. The summed E-state index contributed by atoms with van der Waals surface area (Å²) in [4.78, 5) is 0. The molecule has 0 spiro atoms. The van der Waals surface area contributed by atoms with Gasteiger partial charge in [-0.15, -0.1) is 0 Å². The van der Waals surface area contributed by atoms with E-state index in [9.17, 15) is 0 Å². The van der Waals surface area contributed by atoms with Gasteiger partial charge in [0.2, 0.25) is 0 Å². The lowest BCUT2D eigenvalue weighted by Gasteiger charge is -2.34. The zero-order valence-electron chi connectivity index (χ0n) is 8.96. The smallest absolute Gasteiger partial charge is 0.168 e. The van der Waals surface area contributed by atoms with E-state index in [0.29, 0.717) is 17.8 Å². The predicted octanol–water partition coefficient (Wildman–Crippen LogP) is 1.13. The summed E-state index contributed by atoms with van der Waals surface area (Å²) in [5.41, 5.74) is 0. The van der Waals surface area contributed by atoms with Crippen LogP contribution in [0.5, 0.6) is 0 Å². The lowest BCUT2D eigenvalue weighted by molar-refractivity contribution is -0.287. The predicted molar refractivity (Wildman–Crippen MR) is 51.8 cm³/mol. The Morgan fingerprint density at radius 2 is 2.00 bits per heavy atom. The molecule has 4 nitrogen and oxygen atoms in total. The van der Waals surface area contributed by atoms with Gasteiger partial charge in [0.15, 0.2) is 18.9 Å². The highest BCUT2D eigenvalue weighted by Gasteiger charge is 2.53. The summed E-state index contributed by atoms with van der Waals surface area (Å²) < 4.78 is 22.0. The highest BCUT2D eigenvalue weighted by atomic mass is 16.8. The largest absolute Gasteiger partial charge is 0.356 e. The van der Waals surface area contributed by atoms with Crippen LogP contribution < -0.4 is 0 Å². The molecule has 0 saturated carbocycles. The van der Waals surface area contributed by atoms with E-state index in [-0.39, 0.29) is 18.9 Å². The Hall–Kier alpha value is -0.420. The highest BCUT2D eigenvalue weighted by molar-refractivity contribution is 5.12. The molecule has 0 aromatic rings. The number of ether oxygens (including phenoxy) is 4. The number of hydrogen-bond donors (Lipinski definition) is 0. The van der Waals surface area contributed by atoms with Gasteiger partial charge in [-0.3, -0.25) is 0 Å². The van der Waals surface area contributed by atoms with Crippen molar-refractivity contribution in [3.05, 3.63) is 12.2 Å². The first kappa shape index (κ1) is 9.78. The number of methoxy groups -OCH3 is 2. The van der Waals surface area contributed by atoms with Crippen LogP contribution in [-0.4, -0.2) is 33.1 Å². The number of hydrogen-bond acceptors (Lipinski definition) is 4. The van der Waals surface area contributed by atoms with E-state index in [4.69, 9.17) is 18.9 Å². The van der Waals surface area contributed by atoms with Gasteiger partial charge in [0.05, 0.1) is 0 Å². The van der Waals surface area contributed by atoms with E-state index in [0.717, 1.165) is 6.42 Å². The van der Waals surface area contributed by atoms with Gasteiger partial charge in [0, 0.05) is 32.5 Å². The summed E-state index contributed by atoms with van der Waals surface area (Å²) >= 11 is 0. The lowest BCUT2D eigenvalue weighted by Crippen LogP contribution is -2.39. The molecule has 0 N–H and O–H groups in total. The molecule has 0 aromatic heterocycles. The maximum Gasteiger partial charge on any atom is 0.168 e. The molecule has 6 atom stereocenters. The third kappa shape index (κ3) is 1.36. The summed E-state index contributed by atoms with van der Waals surface area (Å²) in [6.45, 7) is 0. The Balaban J connectivity index is 1.82. The van der Waals surface area contributed by atoms with Crippen LogP contribution in [-0.2, 0) is 18.9 Å². The Morgan fingerprint density at radius 1 is 1.13 bits per heavy atom. The lowest BCUT2D eigenvalue weighted by atomic mass is 9.85. The molecule has 84 valence electrons. The molecule has 0 aromatic carbocycles. The summed E-state index contributed by atoms with van der Waals surface area (Å²) in [5, 5.41) is 0. The molecule has 0 radical (unpaired) electrons. The van der Waals surface area contributed by atoms with Crippen molar-refractivity contribution in [2.24, 2.45) is 17.8 Å². The van der Waals surface area contributed by atoms with Crippen molar-refractivity contribution in [3.63, 3.8) is 0 Å². The summed E-state index contributed by atoms with van der Waals surface area (Å²) in [6.07, 6.45) is 4.91. The Morgan fingerprint density at radius 3 is 2.73 bits per heavy atom. The van der Waals surface area contributed by atoms with Gasteiger partial charge in [-0.05, 0) is 5.92 Å². The summed E-state index contributed by atoms with van der Waals surface area (Å²) in [5.74, 6) is 1.28. The molecule has 4 heteroatoms. The van der Waals surface area contributed by atoms with Crippen LogP contribution in [0.1, 0.15) is 6.42 Å². The maximum absolute atomic E-state index is 5.71. The number of allylic oxidation sites excluding steroid dienone is 1. The van der Waals surface area contributed by atoms with E-state index < -0.39 is 0 Å². The van der Waals surface area contributed by atoms with Crippen molar-refractivity contribution in [2.45, 2.75) is 25.3 Å². The standard InChI is InChI=1S/C11H16O4/c1-12-8-5-6-3-4-7-9(6)11(14-8)15-10(7)13-2/h3-4,6-11H,5H2,1-2H3/t6-,7-,8?,9+,10?,11-/m0/s1. The van der Waals surface area contributed by atoms with Gasteiger partial charge in [-0.1, -0.05) is 12.2 Å². The third-order valence-electron chi connectivity index (χ3n) is 3.66. The second kappa shape index (κ2) is 3.56. The first-order valence-electron chi connectivity index (χ1n) is 5.38. The Labute approximate surface area is 89.1 Å². The van der Waals surface area contributed by atoms with Crippen molar-refractivity contribution in [1.82, 2.24) is 0 Å². The molecule has 1 aliphatic carbocycles. The van der Waals surface area contributed by atoms with Crippen LogP contribution in [0.4, 0.5) is 0 Å². The molecule has 15 heavy (non-hydrogen) atoms. The van der Waals surface area contributed by atoms with Crippen LogP contribution in [0.2, 0.25) is 0 Å². The van der Waals surface area contributed by atoms with Crippen LogP contribution in [0, 0.1) is 17.8 Å². The van der Waals surface area contributed by atoms with Gasteiger partial charge in [0.1, 0.15) is 0 Å². The summed E-state index contributed by atoms with van der Waals surface area (Å²) in [7, 11) is 3.35. The molecule has 3 rings (SSSR count). The second-order valence-corrected chi connectivity index (χ2v) is 4.35. The quantitative estimate of drug-likeness (QED) is 0.643. The topological polar surface area (TPSA) is 36.9 Å². The van der Waals surface area contributed by atoms with E-state index in [1.165, 1.54) is 0 Å². The Bertz CT molecular complexity index is 278. The highest BCUT2D eigenvalue weighted by Crippen LogP contribution is 2.49. The first-order chi connectivity index (χ1) is 7.33. The fraction of sp³-hybridized carbons (Fsp3) is 0.818. The van der Waals surface area contributed by atoms with Crippen molar-refractivity contribution in [2.75, 3.05) is 14.2 Å². The van der Waals surface area contributed by atoms with Crippen LogP contribution in [0.3, 0.4) is 0 Å². The molecular formula is C11H16O4. The molecular weight excluding hydrogens is 196 g/mol.